The van der Waals surface area contributed by atoms with Crippen LogP contribution in [0.2, 0.25) is 0 Å². The van der Waals surface area contributed by atoms with E-state index in [-0.39, 0.29) is 18.6 Å². The van der Waals surface area contributed by atoms with Crippen LogP contribution in [-0.2, 0) is 0 Å². The summed E-state index contributed by atoms with van der Waals surface area (Å²) in [5.74, 6) is -0.264. The lowest BCUT2D eigenvalue weighted by Crippen LogP contribution is -2.16. The molecule has 166 valence electrons. The average molecular weight is 441 g/mol. The lowest BCUT2D eigenvalue weighted by atomic mass is 10.0. The van der Waals surface area contributed by atoms with Crippen LogP contribution in [-0.4, -0.2) is 33.5 Å². The van der Waals surface area contributed by atoms with Gasteiger partial charge >= 0.3 is 0 Å². The predicted molar refractivity (Wildman–Crippen MR) is 127 cm³/mol. The van der Waals surface area contributed by atoms with Gasteiger partial charge in [0.2, 0.25) is 0 Å². The molecule has 0 fully saturated rings. The molecule has 4 rings (SSSR count). The minimum absolute atomic E-state index is 0.0617. The number of aromatic nitrogens is 2. The molecule has 1 unspecified atom stereocenters. The molecule has 0 aliphatic rings. The van der Waals surface area contributed by atoms with Gasteiger partial charge in [-0.05, 0) is 48.4 Å². The Morgan fingerprint density at radius 1 is 0.970 bits per heavy atom. The number of para-hydroxylation sites is 1. The fraction of sp³-hybridized carbons (Fsp3) is 0.120. The highest BCUT2D eigenvalue weighted by molar-refractivity contribution is 6.07. The first-order chi connectivity index (χ1) is 16.1. The van der Waals surface area contributed by atoms with E-state index in [9.17, 15) is 14.7 Å². The topological polar surface area (TPSA) is 130 Å². The second-order valence-electron chi connectivity index (χ2n) is 7.44. The first-order valence-corrected chi connectivity index (χ1v) is 10.4. The number of hydrogen-bond acceptors (Lipinski definition) is 6. The van der Waals surface area contributed by atoms with Crippen molar-refractivity contribution in [2.75, 3.05) is 17.2 Å². The van der Waals surface area contributed by atoms with Gasteiger partial charge in [0, 0.05) is 23.2 Å². The van der Waals surface area contributed by atoms with Crippen LogP contribution in [0.1, 0.15) is 38.7 Å². The van der Waals surface area contributed by atoms with Crippen LogP contribution in [0.5, 0.6) is 0 Å². The molecule has 4 aromatic rings. The number of benzene rings is 3. The van der Waals surface area contributed by atoms with Gasteiger partial charge in [0.15, 0.2) is 0 Å². The summed E-state index contributed by atoms with van der Waals surface area (Å²) in [4.78, 5) is 32.9. The summed E-state index contributed by atoms with van der Waals surface area (Å²) in [5.41, 5.74) is 8.29. The first kappa shape index (κ1) is 21.9. The SMILES string of the molecule is NC(=O)c1cccc2c(NC(CCO)c3cccc(NC(=O)c4ccccc4)c3)ncnc12. The predicted octanol–water partition coefficient (Wildman–Crippen LogP) is 3.52. The number of nitrogens with one attached hydrogen (secondary N) is 2. The smallest absolute Gasteiger partial charge is 0.255 e. The summed E-state index contributed by atoms with van der Waals surface area (Å²) in [6.45, 7) is -0.0617. The Balaban J connectivity index is 1.62. The lowest BCUT2D eigenvalue weighted by molar-refractivity contribution is 0.0998. The summed E-state index contributed by atoms with van der Waals surface area (Å²) in [6.07, 6.45) is 1.76. The molecule has 0 aliphatic carbocycles. The van der Waals surface area contributed by atoms with Crippen LogP contribution in [0, 0.1) is 0 Å². The molecule has 0 aliphatic heterocycles. The molecule has 0 saturated carbocycles. The normalized spacial score (nSPS) is 11.7. The molecule has 8 nitrogen and oxygen atoms in total. The van der Waals surface area contributed by atoms with Crippen LogP contribution >= 0.6 is 0 Å². The molecule has 0 bridgehead atoms. The minimum Gasteiger partial charge on any atom is -0.396 e. The number of rotatable bonds is 8. The van der Waals surface area contributed by atoms with E-state index in [1.165, 1.54) is 6.33 Å². The molecule has 8 heteroatoms. The fourth-order valence-electron chi connectivity index (χ4n) is 3.64. The van der Waals surface area contributed by atoms with Crippen molar-refractivity contribution in [1.29, 1.82) is 0 Å². The first-order valence-electron chi connectivity index (χ1n) is 10.4. The van der Waals surface area contributed by atoms with E-state index >= 15 is 0 Å². The minimum atomic E-state index is -0.570. The number of amides is 2. The van der Waals surface area contributed by atoms with Crippen LogP contribution in [0.4, 0.5) is 11.5 Å². The van der Waals surface area contributed by atoms with E-state index in [2.05, 4.69) is 20.6 Å². The highest BCUT2D eigenvalue weighted by Gasteiger charge is 2.17. The molecule has 0 spiro atoms. The summed E-state index contributed by atoms with van der Waals surface area (Å²) >= 11 is 0. The third kappa shape index (κ3) is 4.97. The molecule has 3 aromatic carbocycles. The highest BCUT2D eigenvalue weighted by atomic mass is 16.3. The molecule has 2 amide bonds. The highest BCUT2D eigenvalue weighted by Crippen LogP contribution is 2.28. The molecule has 1 heterocycles. The number of fused-ring (bicyclic) bond motifs is 1. The maximum Gasteiger partial charge on any atom is 0.255 e. The zero-order chi connectivity index (χ0) is 23.2. The Hall–Kier alpha value is -4.30. The van der Waals surface area contributed by atoms with Gasteiger partial charge in [0.25, 0.3) is 11.8 Å². The van der Waals surface area contributed by atoms with Crippen molar-refractivity contribution in [2.45, 2.75) is 12.5 Å². The monoisotopic (exact) mass is 441 g/mol. The zero-order valence-electron chi connectivity index (χ0n) is 17.7. The van der Waals surface area contributed by atoms with Gasteiger partial charge < -0.3 is 21.5 Å². The third-order valence-electron chi connectivity index (χ3n) is 5.24. The number of primary amides is 1. The number of anilines is 2. The average Bonchev–Trinajstić information content (AvgIpc) is 2.84. The van der Waals surface area contributed by atoms with E-state index in [0.717, 1.165) is 5.56 Å². The van der Waals surface area contributed by atoms with Gasteiger partial charge in [-0.3, -0.25) is 9.59 Å². The van der Waals surface area contributed by atoms with E-state index in [4.69, 9.17) is 5.73 Å². The van der Waals surface area contributed by atoms with Crippen molar-refractivity contribution in [3.8, 4) is 0 Å². The molecule has 0 radical (unpaired) electrons. The quantitative estimate of drug-likeness (QED) is 0.331. The third-order valence-corrected chi connectivity index (χ3v) is 5.24. The van der Waals surface area contributed by atoms with Crippen molar-refractivity contribution in [3.05, 3.63) is 95.8 Å². The van der Waals surface area contributed by atoms with Gasteiger partial charge in [-0.15, -0.1) is 0 Å². The standard InChI is InChI=1S/C25H23N5O3/c26-23(32)19-10-5-11-20-22(19)27-15-28-24(20)30-21(12-13-31)17-8-4-9-18(14-17)29-25(33)16-6-2-1-3-7-16/h1-11,14-15,21,31H,12-13H2,(H2,26,32)(H,29,33)(H,27,28,30). The number of hydrogen-bond donors (Lipinski definition) is 4. The molecular weight excluding hydrogens is 418 g/mol. The Morgan fingerprint density at radius 3 is 2.52 bits per heavy atom. The lowest BCUT2D eigenvalue weighted by Gasteiger charge is -2.21. The zero-order valence-corrected chi connectivity index (χ0v) is 17.7. The Bertz CT molecular complexity index is 1290. The Kier molecular flexibility index (Phi) is 6.56. The van der Waals surface area contributed by atoms with Crippen LogP contribution in [0.25, 0.3) is 10.9 Å². The second-order valence-corrected chi connectivity index (χ2v) is 7.44. The van der Waals surface area contributed by atoms with E-state index < -0.39 is 5.91 Å². The van der Waals surface area contributed by atoms with Crippen LogP contribution in [0.3, 0.4) is 0 Å². The van der Waals surface area contributed by atoms with Crippen LogP contribution in [0.15, 0.2) is 79.1 Å². The van der Waals surface area contributed by atoms with Crippen molar-refractivity contribution in [1.82, 2.24) is 9.97 Å². The van der Waals surface area contributed by atoms with E-state index in [0.29, 0.717) is 40.0 Å². The van der Waals surface area contributed by atoms with E-state index in [1.807, 2.05) is 36.4 Å². The summed E-state index contributed by atoms with van der Waals surface area (Å²) in [7, 11) is 0. The molecule has 1 atom stereocenters. The molecule has 33 heavy (non-hydrogen) atoms. The van der Waals surface area contributed by atoms with Gasteiger partial charge in [0.05, 0.1) is 17.1 Å². The summed E-state index contributed by atoms with van der Waals surface area (Å²) in [6, 6.07) is 21.2. The van der Waals surface area contributed by atoms with Crippen molar-refractivity contribution < 1.29 is 14.7 Å². The van der Waals surface area contributed by atoms with Gasteiger partial charge in [-0.2, -0.15) is 0 Å². The number of carbonyl (C=O) groups is 2. The number of nitrogens with zero attached hydrogens (tertiary/aromatic N) is 2. The maximum atomic E-state index is 12.5. The van der Waals surface area contributed by atoms with Gasteiger partial charge in [-0.1, -0.05) is 36.4 Å². The summed E-state index contributed by atoms with van der Waals surface area (Å²) < 4.78 is 0. The second kappa shape index (κ2) is 9.88. The largest absolute Gasteiger partial charge is 0.396 e. The Labute approximate surface area is 190 Å². The fourth-order valence-corrected chi connectivity index (χ4v) is 3.64. The van der Waals surface area contributed by atoms with Gasteiger partial charge in [-0.25, -0.2) is 9.97 Å². The molecule has 5 N–H and O–H groups in total. The number of aliphatic hydroxyl groups excluding tert-OH is 1. The molecule has 1 aromatic heterocycles. The summed E-state index contributed by atoms with van der Waals surface area (Å²) in [5, 5.41) is 16.6. The molecule has 0 saturated heterocycles. The van der Waals surface area contributed by atoms with Crippen LogP contribution < -0.4 is 16.4 Å². The maximum absolute atomic E-state index is 12.5. The van der Waals surface area contributed by atoms with E-state index in [1.54, 1.807) is 36.4 Å². The van der Waals surface area contributed by atoms with Crippen molar-refractivity contribution in [2.24, 2.45) is 5.73 Å². The van der Waals surface area contributed by atoms with Crippen molar-refractivity contribution in [3.63, 3.8) is 0 Å². The molecular formula is C25H23N5O3. The number of nitrogens with two attached hydrogens (primary N) is 1. The number of aliphatic hydroxyl groups is 1. The Morgan fingerprint density at radius 2 is 1.76 bits per heavy atom. The van der Waals surface area contributed by atoms with Crippen molar-refractivity contribution >= 4 is 34.2 Å². The number of carbonyl (C=O) groups excluding carboxylic acids is 2. The van der Waals surface area contributed by atoms with Gasteiger partial charge in [0.1, 0.15) is 12.1 Å².